The van der Waals surface area contributed by atoms with Crippen LogP contribution in [0, 0.1) is 12.8 Å². The minimum absolute atomic E-state index is 0.0896. The molecule has 0 radical (unpaired) electrons. The molecule has 0 aromatic carbocycles. The Morgan fingerprint density at radius 3 is 2.65 bits per heavy atom. The predicted octanol–water partition coefficient (Wildman–Crippen LogP) is -0.360. The Morgan fingerprint density at radius 2 is 2.04 bits per heavy atom. The molecule has 1 saturated heterocycles. The van der Waals surface area contributed by atoms with Crippen LogP contribution in [0.25, 0.3) is 0 Å². The number of rotatable bonds is 4. The number of aromatic nitrogens is 4. The molecule has 0 atom stereocenters. The Hall–Kier alpha value is -3.04. The Bertz CT molecular complexity index is 866. The number of aryl methyl sites for hydroxylation is 2. The van der Waals surface area contributed by atoms with Crippen molar-refractivity contribution in [3.63, 3.8) is 0 Å². The molecule has 1 N–H and O–H groups in total. The number of piperidine rings is 1. The van der Waals surface area contributed by atoms with Crippen molar-refractivity contribution in [3.05, 3.63) is 39.9 Å². The molecule has 10 nitrogen and oxygen atoms in total. The van der Waals surface area contributed by atoms with Gasteiger partial charge < -0.3 is 14.7 Å². The van der Waals surface area contributed by atoms with Gasteiger partial charge in [0.1, 0.15) is 5.69 Å². The van der Waals surface area contributed by atoms with Crippen LogP contribution >= 0.6 is 0 Å². The molecular weight excluding hydrogens is 340 g/mol. The molecule has 0 saturated carbocycles. The molecule has 1 fully saturated rings. The summed E-state index contributed by atoms with van der Waals surface area (Å²) in [5.74, 6) is 0.391. The van der Waals surface area contributed by atoms with Gasteiger partial charge in [0.25, 0.3) is 11.5 Å². The van der Waals surface area contributed by atoms with Crippen LogP contribution in [0.15, 0.2) is 21.5 Å². The van der Waals surface area contributed by atoms with E-state index in [-0.39, 0.29) is 35.5 Å². The molecule has 3 heterocycles. The predicted molar refractivity (Wildman–Crippen MR) is 89.0 cm³/mol. The number of amides is 2. The monoisotopic (exact) mass is 360 g/mol. The van der Waals surface area contributed by atoms with Gasteiger partial charge >= 0.3 is 0 Å². The smallest absolute Gasteiger partial charge is 0.274 e. The molecular formula is C16H20N6O4. The number of carbonyl (C=O) groups is 2. The molecule has 2 aromatic heterocycles. The van der Waals surface area contributed by atoms with Crippen molar-refractivity contribution in [3.8, 4) is 0 Å². The molecule has 10 heteroatoms. The van der Waals surface area contributed by atoms with Crippen LogP contribution in [-0.4, -0.2) is 49.7 Å². The van der Waals surface area contributed by atoms with Crippen LogP contribution in [0.1, 0.15) is 35.0 Å². The van der Waals surface area contributed by atoms with Crippen molar-refractivity contribution < 1.29 is 14.1 Å². The molecule has 0 bridgehead atoms. The molecule has 138 valence electrons. The van der Waals surface area contributed by atoms with Gasteiger partial charge in [0.05, 0.1) is 6.54 Å². The van der Waals surface area contributed by atoms with Gasteiger partial charge in [0.15, 0.2) is 5.82 Å². The van der Waals surface area contributed by atoms with E-state index in [1.165, 1.54) is 19.2 Å². The highest BCUT2D eigenvalue weighted by molar-refractivity contribution is 5.92. The van der Waals surface area contributed by atoms with Crippen molar-refractivity contribution in [1.82, 2.24) is 30.1 Å². The van der Waals surface area contributed by atoms with Crippen LogP contribution in [0.3, 0.4) is 0 Å². The molecule has 2 aromatic rings. The van der Waals surface area contributed by atoms with Crippen LogP contribution in [0.2, 0.25) is 0 Å². The summed E-state index contributed by atoms with van der Waals surface area (Å²) in [4.78, 5) is 41.8. The van der Waals surface area contributed by atoms with Gasteiger partial charge in [-0.25, -0.2) is 4.68 Å². The van der Waals surface area contributed by atoms with Crippen LogP contribution in [0.5, 0.6) is 0 Å². The largest absolute Gasteiger partial charge is 0.347 e. The summed E-state index contributed by atoms with van der Waals surface area (Å²) in [7, 11) is 1.50. The number of hydrogen-bond acceptors (Lipinski definition) is 7. The first-order valence-corrected chi connectivity index (χ1v) is 8.34. The van der Waals surface area contributed by atoms with Gasteiger partial charge in [-0.3, -0.25) is 14.4 Å². The van der Waals surface area contributed by atoms with E-state index >= 15 is 0 Å². The summed E-state index contributed by atoms with van der Waals surface area (Å²) >= 11 is 0. The lowest BCUT2D eigenvalue weighted by molar-refractivity contribution is -0.126. The molecule has 0 aliphatic carbocycles. The number of nitrogens with zero attached hydrogens (tertiary/aromatic N) is 5. The Morgan fingerprint density at radius 1 is 1.31 bits per heavy atom. The van der Waals surface area contributed by atoms with E-state index < -0.39 is 0 Å². The molecule has 3 rings (SSSR count). The van der Waals surface area contributed by atoms with Gasteiger partial charge in [-0.2, -0.15) is 10.1 Å². The lowest BCUT2D eigenvalue weighted by atomic mass is 9.95. The van der Waals surface area contributed by atoms with Crippen molar-refractivity contribution >= 4 is 11.8 Å². The third-order valence-corrected chi connectivity index (χ3v) is 4.32. The van der Waals surface area contributed by atoms with Gasteiger partial charge in [-0.1, -0.05) is 5.16 Å². The average Bonchev–Trinajstić information content (AvgIpc) is 3.07. The summed E-state index contributed by atoms with van der Waals surface area (Å²) in [6, 6.07) is 2.75. The highest BCUT2D eigenvalue weighted by Crippen LogP contribution is 2.19. The van der Waals surface area contributed by atoms with E-state index in [0.717, 1.165) is 4.68 Å². The fourth-order valence-corrected chi connectivity index (χ4v) is 2.84. The van der Waals surface area contributed by atoms with Crippen molar-refractivity contribution in [2.24, 2.45) is 13.0 Å². The van der Waals surface area contributed by atoms with Crippen LogP contribution in [0.4, 0.5) is 0 Å². The second-order valence-electron chi connectivity index (χ2n) is 6.20. The summed E-state index contributed by atoms with van der Waals surface area (Å²) in [6.07, 6.45) is 1.12. The van der Waals surface area contributed by atoms with E-state index in [2.05, 4.69) is 20.6 Å². The minimum atomic E-state index is -0.270. The first-order chi connectivity index (χ1) is 12.4. The van der Waals surface area contributed by atoms with Crippen LogP contribution in [-0.2, 0) is 18.4 Å². The molecule has 2 amide bonds. The zero-order valence-corrected chi connectivity index (χ0v) is 14.6. The average molecular weight is 360 g/mol. The highest BCUT2D eigenvalue weighted by atomic mass is 16.5. The van der Waals surface area contributed by atoms with Crippen molar-refractivity contribution in [2.45, 2.75) is 26.3 Å². The minimum Gasteiger partial charge on any atom is -0.347 e. The standard InChI is InChI=1S/C16H20N6O4/c1-10-18-13(26-20-10)9-17-15(24)11-5-7-22(8-6-11)16(25)12-3-4-14(23)21(2)19-12/h3-4,11H,5-9H2,1-2H3,(H,17,24). The van der Waals surface area contributed by atoms with Gasteiger partial charge in [0, 0.05) is 32.1 Å². The Labute approximate surface area is 149 Å². The zero-order chi connectivity index (χ0) is 18.7. The first kappa shape index (κ1) is 17.8. The van der Waals surface area contributed by atoms with E-state index in [0.29, 0.717) is 37.6 Å². The topological polar surface area (TPSA) is 123 Å². The molecule has 1 aliphatic rings. The van der Waals surface area contributed by atoms with Crippen molar-refractivity contribution in [1.29, 1.82) is 0 Å². The number of hydrogen-bond donors (Lipinski definition) is 1. The van der Waals surface area contributed by atoms with E-state index in [9.17, 15) is 14.4 Å². The maximum absolute atomic E-state index is 12.5. The molecule has 0 spiro atoms. The lowest BCUT2D eigenvalue weighted by Gasteiger charge is -2.31. The summed E-state index contributed by atoms with van der Waals surface area (Å²) in [5.41, 5.74) is -0.0462. The highest BCUT2D eigenvalue weighted by Gasteiger charge is 2.28. The summed E-state index contributed by atoms with van der Waals surface area (Å²) in [6.45, 7) is 2.82. The maximum atomic E-state index is 12.5. The molecule has 0 unspecified atom stereocenters. The quantitative estimate of drug-likeness (QED) is 0.790. The second-order valence-corrected chi connectivity index (χ2v) is 6.20. The number of nitrogens with one attached hydrogen (secondary N) is 1. The van der Waals surface area contributed by atoms with E-state index in [4.69, 9.17) is 4.52 Å². The van der Waals surface area contributed by atoms with Gasteiger partial charge in [-0.15, -0.1) is 0 Å². The Kier molecular flexibility index (Phi) is 5.10. The van der Waals surface area contributed by atoms with Gasteiger partial charge in [-0.05, 0) is 25.8 Å². The van der Waals surface area contributed by atoms with Crippen molar-refractivity contribution in [2.75, 3.05) is 13.1 Å². The summed E-state index contributed by atoms with van der Waals surface area (Å²) in [5, 5.41) is 10.4. The Balaban J connectivity index is 1.51. The first-order valence-electron chi connectivity index (χ1n) is 8.34. The third kappa shape index (κ3) is 3.95. The fraction of sp³-hybridized carbons (Fsp3) is 0.500. The molecule has 1 aliphatic heterocycles. The number of likely N-dealkylation sites (tertiary alicyclic amines) is 1. The lowest BCUT2D eigenvalue weighted by Crippen LogP contribution is -2.43. The normalized spacial score (nSPS) is 15.1. The summed E-state index contributed by atoms with van der Waals surface area (Å²) < 4.78 is 6.09. The van der Waals surface area contributed by atoms with E-state index in [1.807, 2.05) is 0 Å². The van der Waals surface area contributed by atoms with Gasteiger partial charge in [0.2, 0.25) is 11.8 Å². The maximum Gasteiger partial charge on any atom is 0.274 e. The zero-order valence-electron chi connectivity index (χ0n) is 14.6. The van der Waals surface area contributed by atoms with E-state index in [1.54, 1.807) is 11.8 Å². The number of carbonyl (C=O) groups excluding carboxylic acids is 2. The molecule has 26 heavy (non-hydrogen) atoms. The fourth-order valence-electron chi connectivity index (χ4n) is 2.84. The second kappa shape index (κ2) is 7.46. The third-order valence-electron chi connectivity index (χ3n) is 4.32. The van der Waals surface area contributed by atoms with Crippen LogP contribution < -0.4 is 10.9 Å². The SMILES string of the molecule is Cc1noc(CNC(=O)C2CCN(C(=O)c3ccc(=O)n(C)n3)CC2)n1.